The highest BCUT2D eigenvalue weighted by atomic mass is 16.6. The Morgan fingerprint density at radius 3 is 2.04 bits per heavy atom. The van der Waals surface area contributed by atoms with Gasteiger partial charge in [-0.3, -0.25) is 9.59 Å². The minimum Gasteiger partial charge on any atom is -0.493 e. The van der Waals surface area contributed by atoms with Crippen molar-refractivity contribution in [3.05, 3.63) is 18.2 Å². The predicted octanol–water partition coefficient (Wildman–Crippen LogP) is 4.13. The summed E-state index contributed by atoms with van der Waals surface area (Å²) < 4.78 is 16.2. The Bertz CT molecular complexity index is 522. The van der Waals surface area contributed by atoms with Crippen molar-refractivity contribution in [1.29, 1.82) is 0 Å². The Kier molecular flexibility index (Phi) is 8.16. The molecule has 5 heteroatoms. The van der Waals surface area contributed by atoms with E-state index in [0.29, 0.717) is 44.0 Å². The molecule has 128 valence electrons. The molecule has 0 spiro atoms. The molecular formula is C18H26O5. The van der Waals surface area contributed by atoms with Crippen LogP contribution in [0.15, 0.2) is 18.2 Å². The summed E-state index contributed by atoms with van der Waals surface area (Å²) in [6.45, 7) is 8.43. The Morgan fingerprint density at radius 2 is 1.52 bits per heavy atom. The van der Waals surface area contributed by atoms with Crippen LogP contribution in [-0.2, 0) is 9.59 Å². The summed E-state index contributed by atoms with van der Waals surface area (Å²) in [5.41, 5.74) is 0. The zero-order valence-corrected chi connectivity index (χ0v) is 14.4. The van der Waals surface area contributed by atoms with Crippen molar-refractivity contribution in [2.24, 2.45) is 5.92 Å². The zero-order chi connectivity index (χ0) is 17.2. The minimum atomic E-state index is -0.360. The fraction of sp³-hybridized carbons (Fsp3) is 0.556. The van der Waals surface area contributed by atoms with Gasteiger partial charge in [-0.25, -0.2) is 0 Å². The highest BCUT2D eigenvalue weighted by molar-refractivity contribution is 5.76. The third kappa shape index (κ3) is 7.17. The lowest BCUT2D eigenvalue weighted by Gasteiger charge is -2.13. The van der Waals surface area contributed by atoms with Gasteiger partial charge in [0, 0.05) is 18.9 Å². The normalized spacial score (nSPS) is 10.5. The minimum absolute atomic E-state index is 0.217. The molecule has 0 bridgehead atoms. The van der Waals surface area contributed by atoms with Gasteiger partial charge >= 0.3 is 11.9 Å². The molecule has 23 heavy (non-hydrogen) atoms. The summed E-state index contributed by atoms with van der Waals surface area (Å²) in [5.74, 6) is 0.702. The molecular weight excluding hydrogens is 296 g/mol. The van der Waals surface area contributed by atoms with Gasteiger partial charge in [-0.05, 0) is 30.9 Å². The Hall–Kier alpha value is -2.04. The molecule has 1 aromatic rings. The zero-order valence-electron chi connectivity index (χ0n) is 14.4. The van der Waals surface area contributed by atoms with Crippen LogP contribution < -0.4 is 14.2 Å². The topological polar surface area (TPSA) is 61.8 Å². The first-order valence-electron chi connectivity index (χ1n) is 8.14. The Labute approximate surface area is 137 Å². The van der Waals surface area contributed by atoms with E-state index >= 15 is 0 Å². The maximum Gasteiger partial charge on any atom is 0.311 e. The molecule has 0 heterocycles. The lowest BCUT2D eigenvalue weighted by Crippen LogP contribution is -2.12. The van der Waals surface area contributed by atoms with E-state index in [2.05, 4.69) is 0 Å². The van der Waals surface area contributed by atoms with Crippen LogP contribution in [0.25, 0.3) is 0 Å². The van der Waals surface area contributed by atoms with Gasteiger partial charge in [0.25, 0.3) is 0 Å². The van der Waals surface area contributed by atoms with Crippen molar-refractivity contribution in [1.82, 2.24) is 0 Å². The van der Waals surface area contributed by atoms with Gasteiger partial charge < -0.3 is 14.2 Å². The maximum atomic E-state index is 11.8. The summed E-state index contributed by atoms with van der Waals surface area (Å²) in [6.07, 6.45) is 2.00. The highest BCUT2D eigenvalue weighted by Crippen LogP contribution is 2.32. The summed E-state index contributed by atoms with van der Waals surface area (Å²) in [6, 6.07) is 4.89. The van der Waals surface area contributed by atoms with Gasteiger partial charge in [-0.15, -0.1) is 0 Å². The van der Waals surface area contributed by atoms with E-state index in [-0.39, 0.29) is 23.4 Å². The molecule has 0 saturated heterocycles. The van der Waals surface area contributed by atoms with Crippen molar-refractivity contribution >= 4 is 11.9 Å². The number of benzene rings is 1. The van der Waals surface area contributed by atoms with Crippen LogP contribution >= 0.6 is 0 Å². The standard InChI is InChI=1S/C18H26O5/c1-5-7-17(19)22-15-10-9-14(21-12-13(3)4)11-16(15)23-18(20)8-6-2/h9-11,13H,5-8,12H2,1-4H3. The fourth-order valence-corrected chi connectivity index (χ4v) is 1.76. The number of rotatable bonds is 9. The van der Waals surface area contributed by atoms with Crippen LogP contribution in [0, 0.1) is 5.92 Å². The smallest absolute Gasteiger partial charge is 0.311 e. The molecule has 0 aliphatic rings. The maximum absolute atomic E-state index is 11.8. The molecule has 0 fully saturated rings. The van der Waals surface area contributed by atoms with Gasteiger partial charge in [0.05, 0.1) is 6.61 Å². The van der Waals surface area contributed by atoms with E-state index in [1.54, 1.807) is 18.2 Å². The van der Waals surface area contributed by atoms with Gasteiger partial charge in [-0.2, -0.15) is 0 Å². The first-order valence-corrected chi connectivity index (χ1v) is 8.14. The lowest BCUT2D eigenvalue weighted by atomic mass is 10.2. The van der Waals surface area contributed by atoms with Crippen LogP contribution in [0.5, 0.6) is 17.2 Å². The molecule has 1 rings (SSSR count). The van der Waals surface area contributed by atoms with Gasteiger partial charge in [0.15, 0.2) is 11.5 Å². The Balaban J connectivity index is 2.93. The van der Waals surface area contributed by atoms with Crippen molar-refractivity contribution in [2.45, 2.75) is 53.4 Å². The monoisotopic (exact) mass is 322 g/mol. The molecule has 0 aliphatic heterocycles. The molecule has 0 aliphatic carbocycles. The van der Waals surface area contributed by atoms with Crippen LogP contribution in [0.4, 0.5) is 0 Å². The molecule has 0 atom stereocenters. The number of hydrogen-bond acceptors (Lipinski definition) is 5. The average Bonchev–Trinajstić information content (AvgIpc) is 2.48. The van der Waals surface area contributed by atoms with E-state index in [1.807, 2.05) is 27.7 Å². The molecule has 1 aromatic carbocycles. The molecule has 0 N–H and O–H groups in total. The molecule has 5 nitrogen and oxygen atoms in total. The predicted molar refractivity (Wildman–Crippen MR) is 87.9 cm³/mol. The number of carbonyl (C=O) groups excluding carboxylic acids is 2. The van der Waals surface area contributed by atoms with Gasteiger partial charge in [0.2, 0.25) is 0 Å². The van der Waals surface area contributed by atoms with E-state index in [1.165, 1.54) is 0 Å². The molecule has 0 saturated carbocycles. The molecule has 0 amide bonds. The molecule has 0 radical (unpaired) electrons. The second-order valence-corrected chi connectivity index (χ2v) is 5.76. The molecule has 0 aromatic heterocycles. The van der Waals surface area contributed by atoms with Crippen LogP contribution in [0.3, 0.4) is 0 Å². The first-order chi connectivity index (χ1) is 11.0. The van der Waals surface area contributed by atoms with Crippen LogP contribution in [0.2, 0.25) is 0 Å². The third-order valence-corrected chi connectivity index (χ3v) is 2.85. The first kappa shape index (κ1) is 19.0. The van der Waals surface area contributed by atoms with Crippen molar-refractivity contribution in [3.8, 4) is 17.2 Å². The number of esters is 2. The Morgan fingerprint density at radius 1 is 0.957 bits per heavy atom. The summed E-state index contributed by atoms with van der Waals surface area (Å²) in [5, 5.41) is 0. The summed E-state index contributed by atoms with van der Waals surface area (Å²) >= 11 is 0. The number of carbonyl (C=O) groups is 2. The molecule has 0 unspecified atom stereocenters. The van der Waals surface area contributed by atoms with E-state index in [4.69, 9.17) is 14.2 Å². The van der Waals surface area contributed by atoms with Crippen molar-refractivity contribution in [3.63, 3.8) is 0 Å². The van der Waals surface area contributed by atoms with Gasteiger partial charge in [-0.1, -0.05) is 27.7 Å². The summed E-state index contributed by atoms with van der Waals surface area (Å²) in [7, 11) is 0. The quantitative estimate of drug-likeness (QED) is 0.505. The number of hydrogen-bond donors (Lipinski definition) is 0. The van der Waals surface area contributed by atoms with E-state index in [9.17, 15) is 9.59 Å². The van der Waals surface area contributed by atoms with E-state index in [0.717, 1.165) is 0 Å². The average molecular weight is 322 g/mol. The highest BCUT2D eigenvalue weighted by Gasteiger charge is 2.15. The fourth-order valence-electron chi connectivity index (χ4n) is 1.76. The van der Waals surface area contributed by atoms with E-state index < -0.39 is 0 Å². The second-order valence-electron chi connectivity index (χ2n) is 5.76. The second kappa shape index (κ2) is 9.87. The largest absolute Gasteiger partial charge is 0.493 e. The number of ether oxygens (including phenoxy) is 3. The lowest BCUT2D eigenvalue weighted by molar-refractivity contribution is -0.137. The third-order valence-electron chi connectivity index (χ3n) is 2.85. The van der Waals surface area contributed by atoms with Crippen LogP contribution in [0.1, 0.15) is 53.4 Å². The SMILES string of the molecule is CCCC(=O)Oc1ccc(OCC(C)C)cc1OC(=O)CCC. The van der Waals surface area contributed by atoms with Crippen molar-refractivity contribution < 1.29 is 23.8 Å². The van der Waals surface area contributed by atoms with Crippen molar-refractivity contribution in [2.75, 3.05) is 6.61 Å². The summed E-state index contributed by atoms with van der Waals surface area (Å²) in [4.78, 5) is 23.4. The van der Waals surface area contributed by atoms with Crippen LogP contribution in [-0.4, -0.2) is 18.5 Å². The van der Waals surface area contributed by atoms with Gasteiger partial charge in [0.1, 0.15) is 5.75 Å².